The summed E-state index contributed by atoms with van der Waals surface area (Å²) in [6.45, 7) is 13.1. The zero-order valence-electron chi connectivity index (χ0n) is 15.2. The van der Waals surface area contributed by atoms with Crippen LogP contribution in [0.25, 0.3) is 0 Å². The highest BCUT2D eigenvalue weighted by Gasteiger charge is 2.40. The van der Waals surface area contributed by atoms with Gasteiger partial charge in [-0.2, -0.15) is 0 Å². The van der Waals surface area contributed by atoms with Gasteiger partial charge in [-0.1, -0.05) is 26.8 Å². The van der Waals surface area contributed by atoms with Gasteiger partial charge in [0, 0.05) is 6.20 Å². The zero-order valence-corrected chi connectivity index (χ0v) is 16.2. The lowest BCUT2D eigenvalue weighted by molar-refractivity contribution is 0.0690. The van der Waals surface area contributed by atoms with Crippen molar-refractivity contribution >= 4 is 20.1 Å². The normalized spacial score (nSPS) is 18.3. The average molecular weight is 347 g/mol. The quantitative estimate of drug-likeness (QED) is 0.818. The molecule has 1 aliphatic heterocycles. The molecule has 24 heavy (non-hydrogen) atoms. The monoisotopic (exact) mass is 346 g/mol. The third kappa shape index (κ3) is 3.70. The van der Waals surface area contributed by atoms with E-state index in [4.69, 9.17) is 9.53 Å². The standard InChI is InChI=1S/C18H26N2O3Si/c1-13-15(23-24(5,6)18(2,3)4)10-8-12-20(13)16-11-7-9-14(19-16)17(21)22/h7-13H,1-6H3,(H,21,22)/t13-/m0/s1. The molecule has 0 aliphatic carbocycles. The third-order valence-electron chi connectivity index (χ3n) is 4.73. The van der Waals surface area contributed by atoms with Crippen molar-refractivity contribution in [3.8, 4) is 0 Å². The molecule has 2 rings (SSSR count). The number of aromatic nitrogens is 1. The van der Waals surface area contributed by atoms with Crippen LogP contribution in [0.1, 0.15) is 38.2 Å². The van der Waals surface area contributed by atoms with Crippen LogP contribution in [0.3, 0.4) is 0 Å². The van der Waals surface area contributed by atoms with E-state index in [0.29, 0.717) is 5.82 Å². The SMILES string of the molecule is C[C@H]1C(O[Si](C)(C)C(C)(C)C)=CC=CN1c1cccc(C(=O)O)n1. The summed E-state index contributed by atoms with van der Waals surface area (Å²) in [6.07, 6.45) is 5.80. The van der Waals surface area contributed by atoms with E-state index in [9.17, 15) is 4.79 Å². The molecule has 1 aliphatic rings. The van der Waals surface area contributed by atoms with Gasteiger partial charge in [0.1, 0.15) is 11.6 Å². The van der Waals surface area contributed by atoms with Gasteiger partial charge in [-0.3, -0.25) is 0 Å². The number of carboxylic acid groups (broad SMARTS) is 1. The Hall–Kier alpha value is -2.08. The maximum atomic E-state index is 11.2. The van der Waals surface area contributed by atoms with Crippen LogP contribution in [0.4, 0.5) is 5.82 Å². The number of aromatic carboxylic acids is 1. The Morgan fingerprint density at radius 2 is 2.00 bits per heavy atom. The largest absolute Gasteiger partial charge is 0.545 e. The van der Waals surface area contributed by atoms with Gasteiger partial charge < -0.3 is 14.4 Å². The fourth-order valence-corrected chi connectivity index (χ4v) is 3.30. The first-order chi connectivity index (χ1) is 11.0. The number of allylic oxidation sites excluding steroid dienone is 2. The molecule has 0 spiro atoms. The molecule has 1 aromatic heterocycles. The Balaban J connectivity index is 2.26. The molecule has 0 bridgehead atoms. The number of anilines is 1. The highest BCUT2D eigenvalue weighted by molar-refractivity contribution is 6.74. The third-order valence-corrected chi connectivity index (χ3v) is 9.09. The van der Waals surface area contributed by atoms with E-state index < -0.39 is 14.3 Å². The van der Waals surface area contributed by atoms with Crippen LogP contribution in [0.2, 0.25) is 18.1 Å². The average Bonchev–Trinajstić information content (AvgIpc) is 2.48. The topological polar surface area (TPSA) is 62.7 Å². The first kappa shape index (κ1) is 18.3. The maximum Gasteiger partial charge on any atom is 0.354 e. The Kier molecular flexibility index (Phi) is 4.89. The Morgan fingerprint density at radius 3 is 2.58 bits per heavy atom. The molecule has 0 unspecified atom stereocenters. The van der Waals surface area contributed by atoms with Crippen LogP contribution in [0, 0.1) is 0 Å². The van der Waals surface area contributed by atoms with Gasteiger partial charge in [-0.15, -0.1) is 0 Å². The van der Waals surface area contributed by atoms with Gasteiger partial charge in [0.2, 0.25) is 8.32 Å². The number of nitrogens with zero attached hydrogens (tertiary/aromatic N) is 2. The van der Waals surface area contributed by atoms with E-state index in [0.717, 1.165) is 5.76 Å². The number of carbonyl (C=O) groups is 1. The van der Waals surface area contributed by atoms with Crippen molar-refractivity contribution in [2.45, 2.75) is 51.9 Å². The first-order valence-corrected chi connectivity index (χ1v) is 11.0. The molecule has 0 saturated carbocycles. The number of hydrogen-bond acceptors (Lipinski definition) is 4. The van der Waals surface area contributed by atoms with Crippen molar-refractivity contribution < 1.29 is 14.3 Å². The van der Waals surface area contributed by atoms with E-state index in [1.54, 1.807) is 6.07 Å². The molecule has 0 aromatic carbocycles. The van der Waals surface area contributed by atoms with Gasteiger partial charge in [-0.05, 0) is 49.3 Å². The van der Waals surface area contributed by atoms with Crippen molar-refractivity contribution in [3.63, 3.8) is 0 Å². The van der Waals surface area contributed by atoms with E-state index in [1.165, 1.54) is 6.07 Å². The minimum atomic E-state index is -1.94. The van der Waals surface area contributed by atoms with Crippen molar-refractivity contribution in [1.82, 2.24) is 4.98 Å². The lowest BCUT2D eigenvalue weighted by Gasteiger charge is -2.41. The van der Waals surface area contributed by atoms with E-state index in [1.807, 2.05) is 36.2 Å². The smallest absolute Gasteiger partial charge is 0.354 e. The summed E-state index contributed by atoms with van der Waals surface area (Å²) in [5.74, 6) is 0.466. The predicted molar refractivity (Wildman–Crippen MR) is 98.6 cm³/mol. The number of pyridine rings is 1. The first-order valence-electron chi connectivity index (χ1n) is 8.09. The second-order valence-corrected chi connectivity index (χ2v) is 12.3. The number of carboxylic acids is 1. The molecular weight excluding hydrogens is 320 g/mol. The van der Waals surface area contributed by atoms with Crippen molar-refractivity contribution in [2.75, 3.05) is 4.90 Å². The molecule has 0 radical (unpaired) electrons. The minimum Gasteiger partial charge on any atom is -0.545 e. The number of hydrogen-bond donors (Lipinski definition) is 1. The summed E-state index contributed by atoms with van der Waals surface area (Å²) in [7, 11) is -1.94. The van der Waals surface area contributed by atoms with Gasteiger partial charge >= 0.3 is 5.97 Å². The van der Waals surface area contributed by atoms with Gasteiger partial charge in [0.25, 0.3) is 0 Å². The Labute approximate surface area is 144 Å². The molecule has 2 heterocycles. The van der Waals surface area contributed by atoms with Crippen LogP contribution < -0.4 is 4.90 Å². The summed E-state index contributed by atoms with van der Waals surface area (Å²) < 4.78 is 6.45. The van der Waals surface area contributed by atoms with E-state index >= 15 is 0 Å². The molecule has 1 N–H and O–H groups in total. The van der Waals surface area contributed by atoms with Crippen LogP contribution in [0.5, 0.6) is 0 Å². The van der Waals surface area contributed by atoms with Crippen molar-refractivity contribution in [1.29, 1.82) is 0 Å². The van der Waals surface area contributed by atoms with Crippen LogP contribution in [-0.4, -0.2) is 30.4 Å². The molecule has 1 atom stereocenters. The van der Waals surface area contributed by atoms with Gasteiger partial charge in [0.05, 0.1) is 6.04 Å². The molecule has 0 saturated heterocycles. The Bertz CT molecular complexity index is 690. The second-order valence-electron chi connectivity index (χ2n) is 7.54. The second kappa shape index (κ2) is 6.43. The maximum absolute atomic E-state index is 11.2. The van der Waals surface area contributed by atoms with Crippen molar-refractivity contribution in [3.05, 3.63) is 48.0 Å². The molecule has 0 amide bonds. The lowest BCUT2D eigenvalue weighted by atomic mass is 10.2. The Morgan fingerprint density at radius 1 is 1.33 bits per heavy atom. The van der Waals surface area contributed by atoms with E-state index in [-0.39, 0.29) is 16.8 Å². The highest BCUT2D eigenvalue weighted by atomic mass is 28.4. The summed E-state index contributed by atoms with van der Waals surface area (Å²) in [6, 6.07) is 4.97. The summed E-state index contributed by atoms with van der Waals surface area (Å²) in [4.78, 5) is 17.3. The van der Waals surface area contributed by atoms with Crippen molar-refractivity contribution in [2.24, 2.45) is 0 Å². The summed E-state index contributed by atoms with van der Waals surface area (Å²) >= 11 is 0. The summed E-state index contributed by atoms with van der Waals surface area (Å²) in [5.41, 5.74) is 0.0366. The molecular formula is C18H26N2O3Si. The predicted octanol–water partition coefficient (Wildman–Crippen LogP) is 4.41. The van der Waals surface area contributed by atoms with Gasteiger partial charge in [-0.25, -0.2) is 9.78 Å². The molecule has 5 nitrogen and oxygen atoms in total. The number of rotatable bonds is 4. The van der Waals surface area contributed by atoms with Crippen LogP contribution in [-0.2, 0) is 4.43 Å². The lowest BCUT2D eigenvalue weighted by Crippen LogP contribution is -2.44. The van der Waals surface area contributed by atoms with Gasteiger partial charge in [0.15, 0.2) is 5.69 Å². The summed E-state index contributed by atoms with van der Waals surface area (Å²) in [5, 5.41) is 9.25. The van der Waals surface area contributed by atoms with E-state index in [2.05, 4.69) is 38.8 Å². The van der Waals surface area contributed by atoms with Crippen LogP contribution >= 0.6 is 0 Å². The minimum absolute atomic E-state index is 0.0366. The fraction of sp³-hybridized carbons (Fsp3) is 0.444. The highest BCUT2D eigenvalue weighted by Crippen LogP contribution is 2.39. The molecule has 130 valence electrons. The molecule has 0 fully saturated rings. The molecule has 1 aromatic rings. The zero-order chi connectivity index (χ0) is 18.1. The molecule has 6 heteroatoms. The fourth-order valence-electron chi connectivity index (χ4n) is 2.16. The van der Waals surface area contributed by atoms with Crippen LogP contribution in [0.15, 0.2) is 42.3 Å².